The molecule has 230 valence electrons. The van der Waals surface area contributed by atoms with E-state index in [4.69, 9.17) is 4.74 Å². The van der Waals surface area contributed by atoms with Crippen molar-refractivity contribution >= 4 is 33.3 Å². The Kier molecular flexibility index (Phi) is 7.97. The molecule has 2 N–H and O–H groups in total. The molecule has 3 aliphatic rings. The Bertz CT molecular complexity index is 1780. The fraction of sp³-hybridized carbons (Fsp3) is 0.412. The van der Waals surface area contributed by atoms with Crippen LogP contribution in [0.4, 0.5) is 10.1 Å². The van der Waals surface area contributed by atoms with E-state index in [0.717, 1.165) is 69.6 Å². The Morgan fingerprint density at radius 2 is 1.68 bits per heavy atom. The number of nitrogens with zero attached hydrogens (tertiary/aromatic N) is 4. The van der Waals surface area contributed by atoms with Gasteiger partial charge in [0.15, 0.2) is 17.3 Å². The number of rotatable bonds is 9. The van der Waals surface area contributed by atoms with E-state index < -0.39 is 17.2 Å². The van der Waals surface area contributed by atoms with Gasteiger partial charge in [-0.05, 0) is 63.5 Å². The van der Waals surface area contributed by atoms with Gasteiger partial charge in [0.1, 0.15) is 16.8 Å². The molecule has 44 heavy (non-hydrogen) atoms. The van der Waals surface area contributed by atoms with Crippen molar-refractivity contribution in [3.63, 3.8) is 0 Å². The standard InChI is InChI=1S/C34H39FN6O3/c1-38-17-19-40(20-18-38)15-6-11-36-29-27(35)21-25-30-33(29)44-32-24-8-3-2-7-23(24)9-10-28(32)41(30)22-26(31(25)42)34(43)37-12-16-39-13-4-5-14-39/h2-3,7-10,21-22,36H,4-6,11-20H2,1H3,(H,37,43). The molecule has 4 heterocycles. The van der Waals surface area contributed by atoms with Crippen molar-refractivity contribution in [2.24, 2.45) is 0 Å². The maximum atomic E-state index is 15.9. The van der Waals surface area contributed by atoms with Crippen LogP contribution in [0.25, 0.3) is 27.4 Å². The average Bonchev–Trinajstić information content (AvgIpc) is 3.56. The molecule has 2 saturated heterocycles. The molecule has 0 atom stereocenters. The number of carbonyl (C=O) groups excluding carboxylic acids is 1. The van der Waals surface area contributed by atoms with Gasteiger partial charge in [0.2, 0.25) is 5.43 Å². The van der Waals surface area contributed by atoms with E-state index in [-0.39, 0.29) is 22.4 Å². The number of nitrogens with one attached hydrogen (secondary N) is 2. The second-order valence-corrected chi connectivity index (χ2v) is 12.2. The summed E-state index contributed by atoms with van der Waals surface area (Å²) in [6.07, 6.45) is 4.76. The highest BCUT2D eigenvalue weighted by Crippen LogP contribution is 2.47. The molecule has 2 fully saturated rings. The van der Waals surface area contributed by atoms with Crippen molar-refractivity contribution in [1.29, 1.82) is 0 Å². The van der Waals surface area contributed by atoms with E-state index in [1.807, 2.05) is 41.0 Å². The summed E-state index contributed by atoms with van der Waals surface area (Å²) in [5.74, 6) is -0.207. The van der Waals surface area contributed by atoms with Gasteiger partial charge < -0.3 is 34.6 Å². The third-order valence-electron chi connectivity index (χ3n) is 9.22. The Hall–Kier alpha value is -3.99. The number of hydrogen-bond acceptors (Lipinski definition) is 7. The van der Waals surface area contributed by atoms with Gasteiger partial charge in [-0.1, -0.05) is 30.3 Å². The topological polar surface area (TPSA) is 82.1 Å². The zero-order valence-electron chi connectivity index (χ0n) is 25.2. The highest BCUT2D eigenvalue weighted by Gasteiger charge is 2.29. The third kappa shape index (κ3) is 5.42. The number of benzene rings is 3. The first-order valence-corrected chi connectivity index (χ1v) is 15.7. The van der Waals surface area contributed by atoms with Crippen LogP contribution in [0.2, 0.25) is 0 Å². The zero-order chi connectivity index (χ0) is 30.2. The van der Waals surface area contributed by atoms with Crippen LogP contribution in [0.5, 0.6) is 11.5 Å². The Balaban J connectivity index is 1.24. The number of carbonyl (C=O) groups is 1. The molecule has 10 heteroatoms. The van der Waals surface area contributed by atoms with E-state index in [2.05, 4.69) is 32.4 Å². The molecule has 0 unspecified atom stereocenters. The van der Waals surface area contributed by atoms with Crippen molar-refractivity contribution in [1.82, 2.24) is 24.6 Å². The number of piperazine rings is 1. The van der Waals surface area contributed by atoms with Gasteiger partial charge in [-0.2, -0.15) is 0 Å². The quantitative estimate of drug-likeness (QED) is 0.246. The van der Waals surface area contributed by atoms with Crippen molar-refractivity contribution in [2.45, 2.75) is 19.3 Å². The van der Waals surface area contributed by atoms with E-state index in [1.54, 1.807) is 6.20 Å². The van der Waals surface area contributed by atoms with E-state index in [0.29, 0.717) is 30.0 Å². The number of halogens is 1. The lowest BCUT2D eigenvalue weighted by atomic mass is 10.0. The van der Waals surface area contributed by atoms with E-state index in [9.17, 15) is 9.59 Å². The van der Waals surface area contributed by atoms with Crippen molar-refractivity contribution in [3.05, 3.63) is 70.3 Å². The summed E-state index contributed by atoms with van der Waals surface area (Å²) in [6, 6.07) is 13.0. The Labute approximate surface area is 256 Å². The number of anilines is 1. The van der Waals surface area contributed by atoms with Crippen LogP contribution in [0, 0.1) is 5.82 Å². The molecule has 4 aromatic rings. The molecular formula is C34H39FN6O3. The van der Waals surface area contributed by atoms with Gasteiger partial charge in [0.05, 0.1) is 11.1 Å². The molecule has 0 bridgehead atoms. The average molecular weight is 599 g/mol. The first-order valence-electron chi connectivity index (χ1n) is 15.7. The lowest BCUT2D eigenvalue weighted by Crippen LogP contribution is -2.44. The summed E-state index contributed by atoms with van der Waals surface area (Å²) >= 11 is 0. The highest BCUT2D eigenvalue weighted by atomic mass is 19.1. The number of likely N-dealkylation sites (N-methyl/N-ethyl adjacent to an activating group) is 1. The minimum absolute atomic E-state index is 0.0156. The summed E-state index contributed by atoms with van der Waals surface area (Å²) in [4.78, 5) is 34.2. The monoisotopic (exact) mass is 598 g/mol. The van der Waals surface area contributed by atoms with Gasteiger partial charge in [-0.3, -0.25) is 9.59 Å². The van der Waals surface area contributed by atoms with Crippen LogP contribution in [-0.4, -0.2) is 97.7 Å². The fourth-order valence-corrected chi connectivity index (χ4v) is 6.69. The van der Waals surface area contributed by atoms with Crippen LogP contribution < -0.4 is 20.8 Å². The predicted molar refractivity (Wildman–Crippen MR) is 172 cm³/mol. The number of hydrogen-bond donors (Lipinski definition) is 2. The van der Waals surface area contributed by atoms with Crippen LogP contribution in [-0.2, 0) is 0 Å². The number of likely N-dealkylation sites (tertiary alicyclic amines) is 1. The van der Waals surface area contributed by atoms with Crippen molar-refractivity contribution < 1.29 is 13.9 Å². The smallest absolute Gasteiger partial charge is 0.256 e. The molecule has 1 aromatic heterocycles. The number of aromatic nitrogens is 1. The van der Waals surface area contributed by atoms with Gasteiger partial charge >= 0.3 is 0 Å². The number of fused-ring (bicyclic) bond motifs is 4. The van der Waals surface area contributed by atoms with Crippen LogP contribution in [0.1, 0.15) is 29.6 Å². The number of amides is 1. The summed E-state index contributed by atoms with van der Waals surface area (Å²) in [6.45, 7) is 8.85. The molecule has 1 amide bonds. The molecule has 0 radical (unpaired) electrons. The summed E-state index contributed by atoms with van der Waals surface area (Å²) in [7, 11) is 2.14. The Morgan fingerprint density at radius 1 is 0.909 bits per heavy atom. The third-order valence-corrected chi connectivity index (χ3v) is 9.22. The van der Waals surface area contributed by atoms with Crippen molar-refractivity contribution in [2.75, 3.05) is 77.8 Å². The molecule has 0 spiro atoms. The molecule has 3 aliphatic heterocycles. The zero-order valence-corrected chi connectivity index (χ0v) is 25.2. The summed E-state index contributed by atoms with van der Waals surface area (Å²) < 4.78 is 24.3. The predicted octanol–water partition coefficient (Wildman–Crippen LogP) is 4.26. The normalized spacial score (nSPS) is 17.1. The van der Waals surface area contributed by atoms with E-state index in [1.165, 1.54) is 18.9 Å². The van der Waals surface area contributed by atoms with Gasteiger partial charge in [0, 0.05) is 57.4 Å². The molecule has 9 nitrogen and oxygen atoms in total. The molecule has 0 aliphatic carbocycles. The number of pyridine rings is 1. The van der Waals surface area contributed by atoms with Crippen molar-refractivity contribution in [3.8, 4) is 17.2 Å². The number of ether oxygens (including phenoxy) is 1. The fourth-order valence-electron chi connectivity index (χ4n) is 6.69. The summed E-state index contributed by atoms with van der Waals surface area (Å²) in [5, 5.41) is 8.17. The van der Waals surface area contributed by atoms with E-state index >= 15 is 4.39 Å². The maximum absolute atomic E-state index is 15.9. The minimum Gasteiger partial charge on any atom is -0.450 e. The van der Waals surface area contributed by atoms with Gasteiger partial charge in [-0.15, -0.1) is 0 Å². The summed E-state index contributed by atoms with van der Waals surface area (Å²) in [5.41, 5.74) is 0.849. The van der Waals surface area contributed by atoms with Gasteiger partial charge in [0.25, 0.3) is 5.91 Å². The molecular weight excluding hydrogens is 559 g/mol. The highest BCUT2D eigenvalue weighted by molar-refractivity contribution is 6.03. The molecule has 0 saturated carbocycles. The Morgan fingerprint density at radius 3 is 2.50 bits per heavy atom. The van der Waals surface area contributed by atoms with Crippen LogP contribution >= 0.6 is 0 Å². The molecule has 7 rings (SSSR count). The van der Waals surface area contributed by atoms with Crippen LogP contribution in [0.3, 0.4) is 0 Å². The van der Waals surface area contributed by atoms with Gasteiger partial charge in [-0.25, -0.2) is 4.39 Å². The minimum atomic E-state index is -0.578. The maximum Gasteiger partial charge on any atom is 0.256 e. The first-order chi connectivity index (χ1) is 21.5. The lowest BCUT2D eigenvalue weighted by Gasteiger charge is -2.32. The largest absolute Gasteiger partial charge is 0.450 e. The second kappa shape index (κ2) is 12.2. The van der Waals surface area contributed by atoms with Crippen LogP contribution in [0.15, 0.2) is 53.5 Å². The second-order valence-electron chi connectivity index (χ2n) is 12.2. The lowest BCUT2D eigenvalue weighted by molar-refractivity contribution is 0.0948. The SMILES string of the molecule is CN1CCN(CCCNc2c(F)cc3c(=O)c(C(=O)NCCN4CCCC4)cn4c3c2Oc2c-4ccc3ccccc23)CC1. The molecule has 3 aromatic carbocycles. The first kappa shape index (κ1) is 28.8.